The zero-order chi connectivity index (χ0) is 12.6. The molecule has 2 bridgehead atoms. The van der Waals surface area contributed by atoms with E-state index in [9.17, 15) is 4.79 Å². The Morgan fingerprint density at radius 2 is 2.12 bits per heavy atom. The second kappa shape index (κ2) is 4.29. The van der Waals surface area contributed by atoms with E-state index in [-0.39, 0.29) is 17.9 Å². The molecule has 0 amide bonds. The number of hydrogen-bond acceptors (Lipinski definition) is 4. The van der Waals surface area contributed by atoms with Gasteiger partial charge in [-0.2, -0.15) is 0 Å². The second-order valence-corrected chi connectivity index (χ2v) is 9.92. The number of allylic oxidation sites excluding steroid dienone is 1. The van der Waals surface area contributed by atoms with Crippen LogP contribution in [-0.4, -0.2) is 33.2 Å². The van der Waals surface area contributed by atoms with Crippen LogP contribution in [0.1, 0.15) is 12.8 Å². The Hall–Kier alpha value is -1.10. The summed E-state index contributed by atoms with van der Waals surface area (Å²) in [5.74, 6) is 0.638. The molecule has 0 spiro atoms. The largest absolute Gasteiger partial charge is 0.547 e. The maximum atomic E-state index is 11.6. The zero-order valence-electron chi connectivity index (χ0n) is 10.8. The molecule has 0 aromatic rings. The van der Waals surface area contributed by atoms with Gasteiger partial charge in [0.1, 0.15) is 5.71 Å². The molecule has 2 atom stereocenters. The van der Waals surface area contributed by atoms with Crippen LogP contribution >= 0.6 is 0 Å². The first kappa shape index (κ1) is 12.4. The highest BCUT2D eigenvalue weighted by atomic mass is 28.4. The van der Waals surface area contributed by atoms with E-state index in [0.717, 1.165) is 18.6 Å². The number of ether oxygens (including phenoxy) is 1. The highest BCUT2D eigenvalue weighted by Gasteiger charge is 2.38. The Kier molecular flexibility index (Phi) is 3.12. The van der Waals surface area contributed by atoms with Gasteiger partial charge in [0.05, 0.1) is 24.8 Å². The number of dihydropyridines is 1. The first-order valence-corrected chi connectivity index (χ1v) is 9.38. The molecule has 94 valence electrons. The smallest absolute Gasteiger partial charge is 0.352 e. The summed E-state index contributed by atoms with van der Waals surface area (Å²) in [7, 11) is -0.233. The SMILES string of the molecule is COC(=O)C1=N[C@@H]2C=C(O[Si](C)(C)C)[C@H]1CC2. The van der Waals surface area contributed by atoms with Gasteiger partial charge in [-0.15, -0.1) is 0 Å². The second-order valence-electron chi connectivity index (χ2n) is 5.49. The lowest BCUT2D eigenvalue weighted by atomic mass is 9.84. The molecule has 0 aromatic carbocycles. The maximum absolute atomic E-state index is 11.6. The summed E-state index contributed by atoms with van der Waals surface area (Å²) in [4.78, 5) is 16.0. The fourth-order valence-corrected chi connectivity index (χ4v) is 3.19. The van der Waals surface area contributed by atoms with Gasteiger partial charge >= 0.3 is 5.97 Å². The molecule has 4 nitrogen and oxygen atoms in total. The van der Waals surface area contributed by atoms with Crippen molar-refractivity contribution in [1.29, 1.82) is 0 Å². The molecule has 2 aliphatic heterocycles. The van der Waals surface area contributed by atoms with E-state index in [1.807, 2.05) is 0 Å². The van der Waals surface area contributed by atoms with Crippen molar-refractivity contribution >= 4 is 20.0 Å². The summed E-state index contributed by atoms with van der Waals surface area (Å²) in [5, 5.41) is 0. The van der Waals surface area contributed by atoms with Crippen molar-refractivity contribution in [1.82, 2.24) is 0 Å². The van der Waals surface area contributed by atoms with Crippen LogP contribution in [0.3, 0.4) is 0 Å². The molecule has 5 heteroatoms. The van der Waals surface area contributed by atoms with Crippen LogP contribution in [0.5, 0.6) is 0 Å². The van der Waals surface area contributed by atoms with E-state index >= 15 is 0 Å². The average Bonchev–Trinajstić information content (AvgIpc) is 2.26. The van der Waals surface area contributed by atoms with Gasteiger partial charge in [0.15, 0.2) is 0 Å². The van der Waals surface area contributed by atoms with E-state index in [1.165, 1.54) is 7.11 Å². The van der Waals surface area contributed by atoms with E-state index in [1.54, 1.807) is 0 Å². The number of fused-ring (bicyclic) bond motifs is 1. The molecule has 0 unspecified atom stereocenters. The Bertz CT molecular complexity index is 395. The minimum atomic E-state index is -1.63. The molecule has 17 heavy (non-hydrogen) atoms. The van der Waals surface area contributed by atoms with Crippen LogP contribution in [0, 0.1) is 5.92 Å². The van der Waals surface area contributed by atoms with E-state index in [0.29, 0.717) is 5.71 Å². The minimum Gasteiger partial charge on any atom is -0.547 e. The van der Waals surface area contributed by atoms with Crippen LogP contribution in [0.25, 0.3) is 0 Å². The summed E-state index contributed by atoms with van der Waals surface area (Å²) in [6.45, 7) is 6.43. The summed E-state index contributed by atoms with van der Waals surface area (Å²) in [5.41, 5.74) is 0.541. The number of carbonyl (C=O) groups is 1. The van der Waals surface area contributed by atoms with E-state index < -0.39 is 8.32 Å². The molecule has 0 fully saturated rings. The number of aliphatic imine (C=N–C) groups is 1. The summed E-state index contributed by atoms with van der Waals surface area (Å²) >= 11 is 0. The van der Waals surface area contributed by atoms with Gasteiger partial charge in [-0.05, 0) is 38.6 Å². The van der Waals surface area contributed by atoms with Crippen LogP contribution in [0.15, 0.2) is 16.8 Å². The lowest BCUT2D eigenvalue weighted by Gasteiger charge is -2.36. The van der Waals surface area contributed by atoms with Crippen molar-refractivity contribution in [2.24, 2.45) is 10.9 Å². The number of methoxy groups -OCH3 is 1. The molecule has 0 aromatic heterocycles. The Balaban J connectivity index is 2.20. The minimum absolute atomic E-state index is 0.0131. The van der Waals surface area contributed by atoms with Crippen molar-refractivity contribution < 1.29 is 14.0 Å². The molecule has 1 aliphatic carbocycles. The van der Waals surface area contributed by atoms with Gasteiger partial charge < -0.3 is 9.16 Å². The van der Waals surface area contributed by atoms with E-state index in [4.69, 9.17) is 9.16 Å². The van der Waals surface area contributed by atoms with Crippen molar-refractivity contribution in [3.05, 3.63) is 11.8 Å². The van der Waals surface area contributed by atoms with Gasteiger partial charge in [0.25, 0.3) is 0 Å². The lowest BCUT2D eigenvalue weighted by Crippen LogP contribution is -2.40. The summed E-state index contributed by atoms with van der Waals surface area (Å²) in [6.07, 6.45) is 4.01. The quantitative estimate of drug-likeness (QED) is 0.572. The predicted molar refractivity (Wildman–Crippen MR) is 68.5 cm³/mol. The van der Waals surface area contributed by atoms with Crippen molar-refractivity contribution in [2.75, 3.05) is 7.11 Å². The number of rotatable bonds is 3. The molecule has 0 N–H and O–H groups in total. The number of nitrogens with zero attached hydrogens (tertiary/aromatic N) is 1. The maximum Gasteiger partial charge on any atom is 0.352 e. The van der Waals surface area contributed by atoms with Gasteiger partial charge in [0, 0.05) is 0 Å². The lowest BCUT2D eigenvalue weighted by molar-refractivity contribution is -0.133. The molecule has 2 heterocycles. The molecular weight excluding hydrogens is 234 g/mol. The number of esters is 1. The fourth-order valence-electron chi connectivity index (χ4n) is 2.27. The monoisotopic (exact) mass is 253 g/mol. The van der Waals surface area contributed by atoms with Crippen molar-refractivity contribution in [3.63, 3.8) is 0 Å². The average molecular weight is 253 g/mol. The first-order chi connectivity index (χ1) is 7.90. The zero-order valence-corrected chi connectivity index (χ0v) is 11.8. The number of carbonyl (C=O) groups excluding carboxylic acids is 1. The summed E-state index contributed by atoms with van der Waals surface area (Å²) in [6, 6.07) is 0.0976. The summed E-state index contributed by atoms with van der Waals surface area (Å²) < 4.78 is 10.8. The topological polar surface area (TPSA) is 47.9 Å². The Morgan fingerprint density at radius 1 is 1.41 bits per heavy atom. The Labute approximate surface area is 103 Å². The first-order valence-electron chi connectivity index (χ1n) is 5.97. The van der Waals surface area contributed by atoms with Crippen LogP contribution in [0.2, 0.25) is 19.6 Å². The highest BCUT2D eigenvalue weighted by Crippen LogP contribution is 2.35. The molecule has 0 saturated heterocycles. The van der Waals surface area contributed by atoms with Crippen LogP contribution < -0.4 is 0 Å². The molecular formula is C12H19NO3Si. The van der Waals surface area contributed by atoms with Crippen LogP contribution in [-0.2, 0) is 14.0 Å². The third kappa shape index (κ3) is 2.60. The molecule has 0 radical (unpaired) electrons. The fraction of sp³-hybridized carbons (Fsp3) is 0.667. The predicted octanol–water partition coefficient (Wildman–Crippen LogP) is 2.13. The number of hydrogen-bond donors (Lipinski definition) is 0. The Morgan fingerprint density at radius 3 is 2.65 bits per heavy atom. The standard InChI is InChI=1S/C12H19NO3Si/c1-15-12(14)11-9-6-5-8(13-11)7-10(9)16-17(2,3)4/h7-9H,5-6H2,1-4H3/t8-,9+/m0/s1. The third-order valence-corrected chi connectivity index (χ3v) is 3.75. The third-order valence-electron chi connectivity index (χ3n) is 2.90. The van der Waals surface area contributed by atoms with E-state index in [2.05, 4.69) is 30.7 Å². The van der Waals surface area contributed by atoms with Gasteiger partial charge in [-0.3, -0.25) is 4.99 Å². The highest BCUT2D eigenvalue weighted by molar-refractivity contribution is 6.70. The van der Waals surface area contributed by atoms with Gasteiger partial charge in [0.2, 0.25) is 8.32 Å². The van der Waals surface area contributed by atoms with Crippen molar-refractivity contribution in [2.45, 2.75) is 38.5 Å². The molecule has 0 saturated carbocycles. The van der Waals surface area contributed by atoms with Gasteiger partial charge in [-0.25, -0.2) is 4.79 Å². The van der Waals surface area contributed by atoms with Gasteiger partial charge in [-0.1, -0.05) is 0 Å². The van der Waals surface area contributed by atoms with Crippen molar-refractivity contribution in [3.8, 4) is 0 Å². The molecule has 3 aliphatic rings. The van der Waals surface area contributed by atoms with Crippen LogP contribution in [0.4, 0.5) is 0 Å². The molecule has 3 rings (SSSR count). The normalized spacial score (nSPS) is 27.3.